The van der Waals surface area contributed by atoms with Crippen LogP contribution in [-0.2, 0) is 0 Å². The summed E-state index contributed by atoms with van der Waals surface area (Å²) >= 11 is 1.09. The molecule has 0 aliphatic heterocycles. The highest BCUT2D eigenvalue weighted by molar-refractivity contribution is 7.98. The summed E-state index contributed by atoms with van der Waals surface area (Å²) in [6.45, 7) is 3.51. The van der Waals surface area contributed by atoms with Crippen LogP contribution in [0.5, 0.6) is 0 Å². The molecule has 0 aliphatic rings. The normalized spacial score (nSPS) is 10.5. The van der Waals surface area contributed by atoms with Gasteiger partial charge < -0.3 is 9.52 Å². The molecule has 0 saturated carbocycles. The Morgan fingerprint density at radius 1 is 1.29 bits per heavy atom. The van der Waals surface area contributed by atoms with Crippen molar-refractivity contribution < 1.29 is 14.3 Å². The molecular weight excluding hydrogens is 242 g/mol. The minimum absolute atomic E-state index is 0.0386. The molecule has 2 rings (SSSR count). The number of carboxylic acids is 1. The summed E-state index contributed by atoms with van der Waals surface area (Å²) in [6.07, 6.45) is 1.51. The third kappa shape index (κ3) is 2.82. The van der Waals surface area contributed by atoms with Crippen LogP contribution in [0.4, 0.5) is 0 Å². The van der Waals surface area contributed by atoms with E-state index in [1.807, 2.05) is 0 Å². The first-order chi connectivity index (χ1) is 8.04. The second-order valence-electron chi connectivity index (χ2n) is 3.34. The van der Waals surface area contributed by atoms with Gasteiger partial charge in [0, 0.05) is 17.5 Å². The number of rotatable bonds is 3. The van der Waals surface area contributed by atoms with E-state index in [1.54, 1.807) is 13.8 Å². The zero-order valence-corrected chi connectivity index (χ0v) is 9.98. The Labute approximate surface area is 101 Å². The lowest BCUT2D eigenvalue weighted by Gasteiger charge is -2.00. The van der Waals surface area contributed by atoms with Gasteiger partial charge >= 0.3 is 5.97 Å². The number of nitrogens with zero attached hydrogens (tertiary/aromatic N) is 3. The minimum Gasteiger partial charge on any atom is -0.477 e. The van der Waals surface area contributed by atoms with E-state index in [-0.39, 0.29) is 5.69 Å². The molecule has 0 saturated heterocycles. The van der Waals surface area contributed by atoms with E-state index in [0.29, 0.717) is 16.1 Å². The Morgan fingerprint density at radius 3 is 2.65 bits per heavy atom. The summed E-state index contributed by atoms with van der Waals surface area (Å²) in [5, 5.41) is 9.57. The van der Waals surface area contributed by atoms with E-state index in [4.69, 9.17) is 9.52 Å². The summed E-state index contributed by atoms with van der Waals surface area (Å²) in [4.78, 5) is 22.9. The molecule has 0 bridgehead atoms. The maximum Gasteiger partial charge on any atom is 0.354 e. The number of oxazole rings is 1. The largest absolute Gasteiger partial charge is 0.477 e. The zero-order chi connectivity index (χ0) is 12.4. The lowest BCUT2D eigenvalue weighted by molar-refractivity contribution is 0.0689. The van der Waals surface area contributed by atoms with Gasteiger partial charge in [0.05, 0.1) is 5.69 Å². The van der Waals surface area contributed by atoms with E-state index < -0.39 is 5.97 Å². The molecule has 88 valence electrons. The van der Waals surface area contributed by atoms with Crippen LogP contribution in [0.15, 0.2) is 27.1 Å². The Balaban J connectivity index is 2.29. The summed E-state index contributed by atoms with van der Waals surface area (Å²) in [5.41, 5.74) is 1.30. The third-order valence-corrected chi connectivity index (χ3v) is 2.56. The highest BCUT2D eigenvalue weighted by atomic mass is 32.2. The van der Waals surface area contributed by atoms with Crippen molar-refractivity contribution in [1.29, 1.82) is 0 Å². The monoisotopic (exact) mass is 251 g/mol. The van der Waals surface area contributed by atoms with Crippen molar-refractivity contribution in [2.75, 3.05) is 0 Å². The van der Waals surface area contributed by atoms with Crippen molar-refractivity contribution in [3.8, 4) is 0 Å². The fourth-order valence-corrected chi connectivity index (χ4v) is 1.93. The Morgan fingerprint density at radius 2 is 2.06 bits per heavy atom. The molecule has 0 aromatic carbocycles. The molecule has 0 amide bonds. The van der Waals surface area contributed by atoms with Crippen molar-refractivity contribution in [1.82, 2.24) is 15.0 Å². The second-order valence-corrected chi connectivity index (χ2v) is 4.26. The van der Waals surface area contributed by atoms with E-state index in [2.05, 4.69) is 15.0 Å². The van der Waals surface area contributed by atoms with Crippen molar-refractivity contribution in [2.45, 2.75) is 24.2 Å². The number of aromatic nitrogens is 3. The first kappa shape index (κ1) is 11.6. The number of hydrogen-bond acceptors (Lipinski definition) is 6. The summed E-state index contributed by atoms with van der Waals surface area (Å²) in [7, 11) is 0. The predicted molar refractivity (Wildman–Crippen MR) is 59.1 cm³/mol. The molecule has 0 spiro atoms. The first-order valence-corrected chi connectivity index (χ1v) is 5.55. The van der Waals surface area contributed by atoms with Crippen molar-refractivity contribution in [3.05, 3.63) is 29.4 Å². The van der Waals surface area contributed by atoms with Crippen LogP contribution < -0.4 is 0 Å². The SMILES string of the molecule is Cc1cc(C(=O)O)nc(Sc2nc(C)co2)n1. The van der Waals surface area contributed by atoms with Crippen LogP contribution in [-0.4, -0.2) is 26.0 Å². The van der Waals surface area contributed by atoms with E-state index >= 15 is 0 Å². The standard InChI is InChI=1S/C10H9N3O3S/c1-5-3-7(8(14)15)13-9(11-5)17-10-12-6(2)4-16-10/h3-4H,1-2H3,(H,14,15). The maximum absolute atomic E-state index is 10.8. The van der Waals surface area contributed by atoms with Crippen LogP contribution in [0.3, 0.4) is 0 Å². The Bertz CT molecular complexity index is 568. The molecule has 17 heavy (non-hydrogen) atoms. The van der Waals surface area contributed by atoms with Crippen molar-refractivity contribution in [2.24, 2.45) is 0 Å². The molecule has 6 nitrogen and oxygen atoms in total. The fourth-order valence-electron chi connectivity index (χ4n) is 1.15. The van der Waals surface area contributed by atoms with Gasteiger partial charge in [0.1, 0.15) is 6.26 Å². The van der Waals surface area contributed by atoms with Gasteiger partial charge in [0.2, 0.25) is 0 Å². The highest BCUT2D eigenvalue weighted by Crippen LogP contribution is 2.23. The molecule has 0 atom stereocenters. The minimum atomic E-state index is -1.08. The van der Waals surface area contributed by atoms with Crippen LogP contribution in [0.1, 0.15) is 21.9 Å². The highest BCUT2D eigenvalue weighted by Gasteiger charge is 2.11. The van der Waals surface area contributed by atoms with Gasteiger partial charge in [-0.1, -0.05) is 0 Å². The smallest absolute Gasteiger partial charge is 0.354 e. The van der Waals surface area contributed by atoms with E-state index in [1.165, 1.54) is 12.3 Å². The molecular formula is C10H9N3O3S. The van der Waals surface area contributed by atoms with Gasteiger partial charge in [-0.2, -0.15) is 0 Å². The number of carbonyl (C=O) groups is 1. The molecule has 0 fully saturated rings. The average Bonchev–Trinajstić information content (AvgIpc) is 2.63. The lowest BCUT2D eigenvalue weighted by Crippen LogP contribution is -2.03. The maximum atomic E-state index is 10.8. The van der Waals surface area contributed by atoms with Gasteiger partial charge in [-0.25, -0.2) is 19.7 Å². The van der Waals surface area contributed by atoms with Gasteiger partial charge in [0.15, 0.2) is 10.9 Å². The average molecular weight is 251 g/mol. The first-order valence-electron chi connectivity index (χ1n) is 4.73. The summed E-state index contributed by atoms with van der Waals surface area (Å²) in [5.74, 6) is -1.08. The molecule has 7 heteroatoms. The fraction of sp³-hybridized carbons (Fsp3) is 0.200. The number of carboxylic acid groups (broad SMARTS) is 1. The third-order valence-electron chi connectivity index (χ3n) is 1.83. The van der Waals surface area contributed by atoms with Gasteiger partial charge in [-0.3, -0.25) is 0 Å². The Hall–Kier alpha value is -1.89. The zero-order valence-electron chi connectivity index (χ0n) is 9.17. The molecule has 0 unspecified atom stereocenters. The van der Waals surface area contributed by atoms with Crippen LogP contribution in [0.2, 0.25) is 0 Å². The van der Waals surface area contributed by atoms with Gasteiger partial charge in [-0.05, 0) is 19.9 Å². The second kappa shape index (κ2) is 4.54. The summed E-state index contributed by atoms with van der Waals surface area (Å²) in [6, 6.07) is 1.41. The molecule has 2 aromatic rings. The molecule has 2 heterocycles. The quantitative estimate of drug-likeness (QED) is 0.833. The Kier molecular flexibility index (Phi) is 3.10. The topological polar surface area (TPSA) is 89.1 Å². The van der Waals surface area contributed by atoms with Gasteiger partial charge in [0.25, 0.3) is 5.22 Å². The van der Waals surface area contributed by atoms with E-state index in [9.17, 15) is 4.79 Å². The number of aromatic carboxylic acids is 1. The number of aryl methyl sites for hydroxylation is 2. The van der Waals surface area contributed by atoms with Crippen molar-refractivity contribution >= 4 is 17.7 Å². The molecule has 1 N–H and O–H groups in total. The predicted octanol–water partition coefficient (Wildman–Crippen LogP) is 1.93. The van der Waals surface area contributed by atoms with Crippen LogP contribution in [0.25, 0.3) is 0 Å². The molecule has 0 radical (unpaired) electrons. The lowest BCUT2D eigenvalue weighted by atomic mass is 10.3. The van der Waals surface area contributed by atoms with Crippen molar-refractivity contribution in [3.63, 3.8) is 0 Å². The molecule has 0 aliphatic carbocycles. The van der Waals surface area contributed by atoms with Crippen LogP contribution >= 0.6 is 11.8 Å². The van der Waals surface area contributed by atoms with Crippen LogP contribution in [0, 0.1) is 13.8 Å². The van der Waals surface area contributed by atoms with E-state index in [0.717, 1.165) is 17.5 Å². The number of hydrogen-bond donors (Lipinski definition) is 1. The summed E-state index contributed by atoms with van der Waals surface area (Å²) < 4.78 is 5.13. The molecule has 2 aromatic heterocycles. The van der Waals surface area contributed by atoms with Gasteiger partial charge in [-0.15, -0.1) is 0 Å².